The van der Waals surface area contributed by atoms with Gasteiger partial charge in [0.2, 0.25) is 0 Å². The number of ether oxygens (including phenoxy) is 1. The summed E-state index contributed by atoms with van der Waals surface area (Å²) in [6, 6.07) is 10.1. The summed E-state index contributed by atoms with van der Waals surface area (Å²) >= 11 is 5.78. The molecule has 2 aromatic rings. The number of aromatic hydroxyl groups is 1. The number of nitro groups is 1. The van der Waals surface area contributed by atoms with Crippen molar-refractivity contribution in [1.82, 2.24) is 5.43 Å². The number of rotatable bonds is 6. The number of nitro benzene ring substituents is 1. The van der Waals surface area contributed by atoms with Crippen LogP contribution < -0.4 is 10.2 Å². The zero-order chi connectivity index (χ0) is 17.5. The molecule has 124 valence electrons. The maximum atomic E-state index is 11.6. The molecule has 8 nitrogen and oxygen atoms in total. The second kappa shape index (κ2) is 7.93. The first-order valence-electron chi connectivity index (χ1n) is 6.64. The predicted molar refractivity (Wildman–Crippen MR) is 87.4 cm³/mol. The van der Waals surface area contributed by atoms with Gasteiger partial charge in [0.1, 0.15) is 5.75 Å². The Morgan fingerprint density at radius 3 is 2.88 bits per heavy atom. The maximum Gasteiger partial charge on any atom is 0.310 e. The van der Waals surface area contributed by atoms with Crippen LogP contribution in [0.1, 0.15) is 5.56 Å². The molecule has 2 N–H and O–H groups in total. The first-order valence-corrected chi connectivity index (χ1v) is 7.02. The summed E-state index contributed by atoms with van der Waals surface area (Å²) in [5.74, 6) is -0.686. The largest absolute Gasteiger partial charge is 0.507 e. The standard InChI is InChI=1S/C15H12ClN3O5/c16-11-5-6-13(20)10(7-11)8-17-18-15(21)9-24-14-4-2-1-3-12(14)19(22)23/h1-8,20H,9H2,(H,18,21)/b17-8-. The minimum absolute atomic E-state index is 0.0193. The number of para-hydroxylation sites is 2. The second-order valence-electron chi connectivity index (χ2n) is 4.51. The molecule has 0 bridgehead atoms. The van der Waals surface area contributed by atoms with Crippen molar-refractivity contribution in [3.63, 3.8) is 0 Å². The molecule has 0 unspecified atom stereocenters. The zero-order valence-corrected chi connectivity index (χ0v) is 12.9. The molecule has 9 heteroatoms. The van der Waals surface area contributed by atoms with Gasteiger partial charge in [-0.3, -0.25) is 14.9 Å². The van der Waals surface area contributed by atoms with Gasteiger partial charge in [0.15, 0.2) is 12.4 Å². The van der Waals surface area contributed by atoms with Gasteiger partial charge in [-0.15, -0.1) is 0 Å². The van der Waals surface area contributed by atoms with E-state index in [0.29, 0.717) is 10.6 Å². The molecule has 0 fully saturated rings. The van der Waals surface area contributed by atoms with Crippen molar-refractivity contribution in [2.24, 2.45) is 5.10 Å². The summed E-state index contributed by atoms with van der Waals surface area (Å²) in [7, 11) is 0. The fourth-order valence-electron chi connectivity index (χ4n) is 1.71. The van der Waals surface area contributed by atoms with E-state index in [1.54, 1.807) is 6.07 Å². The highest BCUT2D eigenvalue weighted by atomic mass is 35.5. The molecule has 0 heterocycles. The third kappa shape index (κ3) is 4.68. The average molecular weight is 350 g/mol. The molecule has 0 saturated carbocycles. The number of carbonyl (C=O) groups excluding carboxylic acids is 1. The highest BCUT2D eigenvalue weighted by molar-refractivity contribution is 6.30. The molecule has 0 aliphatic heterocycles. The van der Waals surface area contributed by atoms with Gasteiger partial charge in [-0.25, -0.2) is 5.43 Å². The van der Waals surface area contributed by atoms with Gasteiger partial charge in [0.25, 0.3) is 5.91 Å². The molecule has 0 aliphatic rings. The van der Waals surface area contributed by atoms with Gasteiger partial charge < -0.3 is 9.84 Å². The molecule has 0 radical (unpaired) electrons. The third-order valence-corrected chi connectivity index (χ3v) is 3.04. The van der Waals surface area contributed by atoms with E-state index in [2.05, 4.69) is 10.5 Å². The van der Waals surface area contributed by atoms with Gasteiger partial charge in [0.05, 0.1) is 11.1 Å². The third-order valence-electron chi connectivity index (χ3n) is 2.80. The molecule has 0 saturated heterocycles. The monoisotopic (exact) mass is 349 g/mol. The predicted octanol–water partition coefficient (Wildman–Crippen LogP) is 2.48. The Bertz CT molecular complexity index is 794. The van der Waals surface area contributed by atoms with Crippen molar-refractivity contribution in [3.05, 3.63) is 63.2 Å². The summed E-state index contributed by atoms with van der Waals surface area (Å²) in [5.41, 5.74) is 2.26. The number of hydrogen-bond donors (Lipinski definition) is 2. The van der Waals surface area contributed by atoms with Crippen LogP contribution in [-0.4, -0.2) is 28.8 Å². The summed E-state index contributed by atoms with van der Waals surface area (Å²) in [4.78, 5) is 21.8. The molecule has 0 spiro atoms. The van der Waals surface area contributed by atoms with E-state index in [1.165, 1.54) is 42.6 Å². The molecule has 2 aromatic carbocycles. The van der Waals surface area contributed by atoms with Crippen LogP contribution in [0.25, 0.3) is 0 Å². The number of nitrogens with zero attached hydrogens (tertiary/aromatic N) is 2. The van der Waals surface area contributed by atoms with Crippen LogP contribution >= 0.6 is 11.6 Å². The summed E-state index contributed by atoms with van der Waals surface area (Å²) in [6.07, 6.45) is 1.21. The Morgan fingerprint density at radius 2 is 2.12 bits per heavy atom. The fourth-order valence-corrected chi connectivity index (χ4v) is 1.89. The Balaban J connectivity index is 1.91. The van der Waals surface area contributed by atoms with E-state index in [0.717, 1.165) is 0 Å². The number of amides is 1. The maximum absolute atomic E-state index is 11.6. The number of nitrogens with one attached hydrogen (secondary N) is 1. The van der Waals surface area contributed by atoms with E-state index in [4.69, 9.17) is 16.3 Å². The van der Waals surface area contributed by atoms with E-state index < -0.39 is 17.4 Å². The highest BCUT2D eigenvalue weighted by Crippen LogP contribution is 2.25. The molecular weight excluding hydrogens is 338 g/mol. The molecular formula is C15H12ClN3O5. The zero-order valence-electron chi connectivity index (χ0n) is 12.2. The molecule has 1 amide bonds. The summed E-state index contributed by atoms with van der Waals surface area (Å²) in [6.45, 7) is -0.455. The number of carbonyl (C=O) groups is 1. The smallest absolute Gasteiger partial charge is 0.310 e. The van der Waals surface area contributed by atoms with Crippen LogP contribution in [0.4, 0.5) is 5.69 Å². The van der Waals surface area contributed by atoms with E-state index >= 15 is 0 Å². The van der Waals surface area contributed by atoms with Crippen LogP contribution in [0.2, 0.25) is 5.02 Å². The lowest BCUT2D eigenvalue weighted by molar-refractivity contribution is -0.385. The fraction of sp³-hybridized carbons (Fsp3) is 0.0667. The Morgan fingerprint density at radius 1 is 1.38 bits per heavy atom. The van der Waals surface area contributed by atoms with Crippen molar-refractivity contribution in [2.75, 3.05) is 6.61 Å². The molecule has 0 aliphatic carbocycles. The lowest BCUT2D eigenvalue weighted by Gasteiger charge is -2.05. The Kier molecular flexibility index (Phi) is 5.69. The van der Waals surface area contributed by atoms with E-state index in [-0.39, 0.29) is 17.2 Å². The summed E-state index contributed by atoms with van der Waals surface area (Å²) in [5, 5.41) is 24.5. The average Bonchev–Trinajstić information content (AvgIpc) is 2.56. The molecule has 0 aromatic heterocycles. The van der Waals surface area contributed by atoms with Crippen LogP contribution in [0.3, 0.4) is 0 Å². The topological polar surface area (TPSA) is 114 Å². The first-order chi connectivity index (χ1) is 11.5. The van der Waals surface area contributed by atoms with Crippen LogP contribution in [-0.2, 0) is 4.79 Å². The van der Waals surface area contributed by atoms with Gasteiger partial charge in [-0.05, 0) is 24.3 Å². The highest BCUT2D eigenvalue weighted by Gasteiger charge is 2.14. The summed E-state index contributed by atoms with van der Waals surface area (Å²) < 4.78 is 5.11. The number of halogens is 1. The minimum atomic E-state index is -0.620. The number of benzene rings is 2. The lowest BCUT2D eigenvalue weighted by Crippen LogP contribution is -2.24. The van der Waals surface area contributed by atoms with Gasteiger partial charge in [0, 0.05) is 16.7 Å². The first kappa shape index (κ1) is 17.2. The van der Waals surface area contributed by atoms with Gasteiger partial charge in [-0.2, -0.15) is 5.10 Å². The van der Waals surface area contributed by atoms with Crippen LogP contribution in [0.15, 0.2) is 47.6 Å². The quantitative estimate of drug-likeness (QED) is 0.472. The van der Waals surface area contributed by atoms with Crippen molar-refractivity contribution in [1.29, 1.82) is 0 Å². The normalized spacial score (nSPS) is 10.5. The minimum Gasteiger partial charge on any atom is -0.507 e. The van der Waals surface area contributed by atoms with Crippen molar-refractivity contribution >= 4 is 29.4 Å². The molecule has 0 atom stereocenters. The van der Waals surface area contributed by atoms with Crippen LogP contribution in [0, 0.1) is 10.1 Å². The van der Waals surface area contributed by atoms with E-state index in [9.17, 15) is 20.0 Å². The lowest BCUT2D eigenvalue weighted by atomic mass is 10.2. The van der Waals surface area contributed by atoms with Gasteiger partial charge >= 0.3 is 5.69 Å². The molecule has 2 rings (SSSR count). The number of phenols is 1. The number of hydrogen-bond acceptors (Lipinski definition) is 6. The van der Waals surface area contributed by atoms with Crippen molar-refractivity contribution < 1.29 is 19.6 Å². The number of hydrazone groups is 1. The van der Waals surface area contributed by atoms with Crippen molar-refractivity contribution in [2.45, 2.75) is 0 Å². The van der Waals surface area contributed by atoms with Crippen molar-refractivity contribution in [3.8, 4) is 11.5 Å². The molecule has 24 heavy (non-hydrogen) atoms. The van der Waals surface area contributed by atoms with E-state index in [1.807, 2.05) is 0 Å². The van der Waals surface area contributed by atoms with Crippen LogP contribution in [0.5, 0.6) is 11.5 Å². The van der Waals surface area contributed by atoms with Gasteiger partial charge in [-0.1, -0.05) is 23.7 Å². The Labute approximate surface area is 141 Å². The second-order valence-corrected chi connectivity index (χ2v) is 4.95. The Hall–Kier alpha value is -3.13. The SMILES string of the molecule is O=C(COc1ccccc1[N+](=O)[O-])N/N=C\c1cc(Cl)ccc1O. The number of phenolic OH excluding ortho intramolecular Hbond substituents is 1.